The Bertz CT molecular complexity index is 1350. The van der Waals surface area contributed by atoms with Crippen LogP contribution in [0.1, 0.15) is 53.7 Å². The first-order valence-corrected chi connectivity index (χ1v) is 12.7. The van der Waals surface area contributed by atoms with Gasteiger partial charge in [-0.15, -0.1) is 5.11 Å². The standard InChI is InChI=1S/C29H31N3O6/c1-3-9-20-25(12-7-13-26(20)38-27-11-6-5-10-21(27)29(34)35)36-14-8-15-37-28-17-24(33)22(16-19(28)4-2)23-18-30-32-31-23/h5-7,10-13,16-18,33H,3-4,8-9,14-15H2,1-2H3,(H,34,35)(H,30,31,32)/p+1. The number of hydrogen-bond donors (Lipinski definition) is 3. The first-order valence-electron chi connectivity index (χ1n) is 12.7. The molecule has 0 amide bonds. The van der Waals surface area contributed by atoms with E-state index in [9.17, 15) is 15.0 Å². The number of phenolic OH excluding ortho intramolecular Hbond substituents is 1. The number of nitrogens with zero attached hydrogens (tertiary/aromatic N) is 2. The fourth-order valence-corrected chi connectivity index (χ4v) is 4.17. The van der Waals surface area contributed by atoms with Gasteiger partial charge in [0.1, 0.15) is 40.5 Å². The summed E-state index contributed by atoms with van der Waals surface area (Å²) in [5.74, 6) is 1.28. The first-order chi connectivity index (χ1) is 18.5. The molecule has 0 spiro atoms. The van der Waals surface area contributed by atoms with Crippen LogP contribution < -0.4 is 19.6 Å². The van der Waals surface area contributed by atoms with Gasteiger partial charge in [-0.25, -0.2) is 4.79 Å². The summed E-state index contributed by atoms with van der Waals surface area (Å²) in [5.41, 5.74) is 5.03. The summed E-state index contributed by atoms with van der Waals surface area (Å²) in [7, 11) is 0. The van der Waals surface area contributed by atoms with Crippen molar-refractivity contribution >= 4 is 11.7 Å². The lowest BCUT2D eigenvalue weighted by atomic mass is 10.0. The number of hydrogen-bond acceptors (Lipinski definition) is 7. The number of carbonyl (C=O) groups is 1. The number of phenols is 1. The van der Waals surface area contributed by atoms with Crippen LogP contribution in [0.2, 0.25) is 0 Å². The third-order valence-corrected chi connectivity index (χ3v) is 6.06. The second-order valence-electron chi connectivity index (χ2n) is 8.71. The number of nitrogens with two attached hydrogens (primary N) is 1. The molecule has 0 radical (unpaired) electrons. The van der Waals surface area contributed by atoms with Gasteiger partial charge in [0.05, 0.1) is 18.8 Å². The van der Waals surface area contributed by atoms with E-state index < -0.39 is 5.97 Å². The van der Waals surface area contributed by atoms with Crippen LogP contribution in [0.25, 0.3) is 5.70 Å². The highest BCUT2D eigenvalue weighted by Crippen LogP contribution is 2.35. The summed E-state index contributed by atoms with van der Waals surface area (Å²) >= 11 is 0. The molecule has 198 valence electrons. The van der Waals surface area contributed by atoms with Crippen LogP contribution in [-0.4, -0.2) is 29.4 Å². The number of benzene rings is 3. The second kappa shape index (κ2) is 12.7. The molecule has 0 fully saturated rings. The molecule has 3 aromatic rings. The average molecular weight is 519 g/mol. The summed E-state index contributed by atoms with van der Waals surface area (Å²) < 4.78 is 18.1. The number of rotatable bonds is 13. The van der Waals surface area contributed by atoms with Crippen molar-refractivity contribution in [2.75, 3.05) is 13.2 Å². The molecule has 3 aromatic carbocycles. The summed E-state index contributed by atoms with van der Waals surface area (Å²) in [5, 5.41) is 27.6. The number of carboxylic acid groups (broad SMARTS) is 1. The van der Waals surface area contributed by atoms with E-state index in [2.05, 4.69) is 17.3 Å². The van der Waals surface area contributed by atoms with E-state index >= 15 is 0 Å². The van der Waals surface area contributed by atoms with Gasteiger partial charge in [-0.05, 0) is 48.7 Å². The molecule has 9 heteroatoms. The van der Waals surface area contributed by atoms with Crippen molar-refractivity contribution in [2.45, 2.75) is 39.5 Å². The van der Waals surface area contributed by atoms with Crippen LogP contribution >= 0.6 is 0 Å². The molecule has 0 saturated heterocycles. The van der Waals surface area contributed by atoms with Crippen LogP contribution in [-0.2, 0) is 12.8 Å². The molecule has 1 heterocycles. The number of aryl methyl sites for hydroxylation is 1. The second-order valence-corrected chi connectivity index (χ2v) is 8.71. The van der Waals surface area contributed by atoms with Crippen molar-refractivity contribution < 1.29 is 34.6 Å². The SMILES string of the molecule is CCCc1c(OCCCOc2cc(O)c(C3=CN=N[NH2+]3)cc2CC)cccc1Oc1ccccc1C(=O)O. The molecule has 1 aliphatic rings. The molecule has 4 N–H and O–H groups in total. The third kappa shape index (κ3) is 6.30. The summed E-state index contributed by atoms with van der Waals surface area (Å²) in [4.78, 5) is 11.6. The lowest BCUT2D eigenvalue weighted by molar-refractivity contribution is -0.571. The Morgan fingerprint density at radius 1 is 0.947 bits per heavy atom. The van der Waals surface area contributed by atoms with Gasteiger partial charge < -0.3 is 24.4 Å². The fourth-order valence-electron chi connectivity index (χ4n) is 4.17. The third-order valence-electron chi connectivity index (χ3n) is 6.06. The zero-order valence-electron chi connectivity index (χ0n) is 21.5. The van der Waals surface area contributed by atoms with Gasteiger partial charge >= 0.3 is 5.97 Å². The summed E-state index contributed by atoms with van der Waals surface area (Å²) in [6.45, 7) is 4.93. The van der Waals surface area contributed by atoms with Crippen LogP contribution in [0.4, 0.5) is 0 Å². The Morgan fingerprint density at radius 3 is 2.39 bits per heavy atom. The lowest BCUT2D eigenvalue weighted by Crippen LogP contribution is -2.72. The Labute approximate surface area is 221 Å². The van der Waals surface area contributed by atoms with Crippen molar-refractivity contribution in [1.29, 1.82) is 0 Å². The largest absolute Gasteiger partial charge is 0.507 e. The molecule has 0 aliphatic carbocycles. The van der Waals surface area contributed by atoms with E-state index in [0.717, 1.165) is 36.1 Å². The highest BCUT2D eigenvalue weighted by atomic mass is 16.5. The van der Waals surface area contributed by atoms with Gasteiger partial charge in [-0.2, -0.15) is 5.43 Å². The molecule has 9 nitrogen and oxygen atoms in total. The van der Waals surface area contributed by atoms with Gasteiger partial charge in [-0.3, -0.25) is 0 Å². The van der Waals surface area contributed by atoms with Crippen molar-refractivity contribution in [3.63, 3.8) is 0 Å². The maximum atomic E-state index is 11.6. The van der Waals surface area contributed by atoms with E-state index in [0.29, 0.717) is 42.4 Å². The van der Waals surface area contributed by atoms with E-state index in [1.807, 2.05) is 31.2 Å². The fraction of sp³-hybridized carbons (Fsp3) is 0.276. The zero-order valence-corrected chi connectivity index (χ0v) is 21.5. The Hall–Kier alpha value is -4.37. The maximum Gasteiger partial charge on any atom is 0.339 e. The Balaban J connectivity index is 1.39. The minimum absolute atomic E-state index is 0.104. The van der Waals surface area contributed by atoms with Gasteiger partial charge in [0, 0.05) is 23.3 Å². The topological polar surface area (TPSA) is 127 Å². The molecule has 0 atom stereocenters. The van der Waals surface area contributed by atoms with Crippen LogP contribution in [0.5, 0.6) is 28.7 Å². The Morgan fingerprint density at radius 2 is 1.68 bits per heavy atom. The van der Waals surface area contributed by atoms with E-state index in [4.69, 9.17) is 14.2 Å². The molecule has 0 bridgehead atoms. The van der Waals surface area contributed by atoms with E-state index in [1.165, 1.54) is 6.07 Å². The minimum Gasteiger partial charge on any atom is -0.507 e. The number of aromatic carboxylic acids is 1. The van der Waals surface area contributed by atoms with Crippen molar-refractivity contribution in [3.8, 4) is 28.7 Å². The van der Waals surface area contributed by atoms with Crippen molar-refractivity contribution in [3.05, 3.63) is 83.1 Å². The van der Waals surface area contributed by atoms with Crippen LogP contribution in [0.15, 0.2) is 71.1 Å². The molecule has 0 saturated carbocycles. The molecular formula is C29H32N3O6+. The number of para-hydroxylation sites is 1. The van der Waals surface area contributed by atoms with Crippen LogP contribution in [0.3, 0.4) is 0 Å². The van der Waals surface area contributed by atoms with Crippen molar-refractivity contribution in [1.82, 2.24) is 0 Å². The summed E-state index contributed by atoms with van der Waals surface area (Å²) in [6, 6.07) is 15.7. The predicted octanol–water partition coefficient (Wildman–Crippen LogP) is 5.49. The average Bonchev–Trinajstić information content (AvgIpc) is 3.45. The van der Waals surface area contributed by atoms with Gasteiger partial charge in [0.25, 0.3) is 0 Å². The monoisotopic (exact) mass is 518 g/mol. The van der Waals surface area contributed by atoms with Crippen LogP contribution in [0, 0.1) is 0 Å². The number of quaternary nitrogens is 1. The number of aromatic hydroxyl groups is 1. The zero-order chi connectivity index (χ0) is 26.9. The lowest BCUT2D eigenvalue weighted by Gasteiger charge is -2.17. The number of carboxylic acids is 1. The first kappa shape index (κ1) is 26.7. The predicted molar refractivity (Wildman–Crippen MR) is 142 cm³/mol. The number of ether oxygens (including phenoxy) is 3. The minimum atomic E-state index is -1.04. The van der Waals surface area contributed by atoms with Gasteiger partial charge in [0.15, 0.2) is 5.70 Å². The van der Waals surface area contributed by atoms with E-state index in [1.54, 1.807) is 35.9 Å². The molecule has 4 rings (SSSR count). The van der Waals surface area contributed by atoms with Crippen molar-refractivity contribution in [2.24, 2.45) is 10.3 Å². The molecule has 0 aromatic heterocycles. The maximum absolute atomic E-state index is 11.6. The normalized spacial score (nSPS) is 12.3. The molecule has 0 unspecified atom stereocenters. The van der Waals surface area contributed by atoms with Gasteiger partial charge in [0.2, 0.25) is 0 Å². The summed E-state index contributed by atoms with van der Waals surface area (Å²) in [6.07, 6.45) is 4.58. The Kier molecular flexibility index (Phi) is 8.94. The van der Waals surface area contributed by atoms with Gasteiger partial charge in [-0.1, -0.05) is 38.5 Å². The van der Waals surface area contributed by atoms with E-state index in [-0.39, 0.29) is 17.1 Å². The molecular weight excluding hydrogens is 486 g/mol. The highest BCUT2D eigenvalue weighted by Gasteiger charge is 2.19. The molecule has 1 aliphatic heterocycles. The molecule has 38 heavy (non-hydrogen) atoms. The highest BCUT2D eigenvalue weighted by molar-refractivity contribution is 5.91. The quantitative estimate of drug-likeness (QED) is 0.203. The smallest absolute Gasteiger partial charge is 0.339 e.